The van der Waals surface area contributed by atoms with E-state index in [0.717, 1.165) is 17.4 Å². The Kier molecular flexibility index (Phi) is 7.40. The summed E-state index contributed by atoms with van der Waals surface area (Å²) in [6, 6.07) is 14.2. The molecule has 0 radical (unpaired) electrons. The van der Waals surface area contributed by atoms with E-state index in [1.165, 1.54) is 23.0 Å². The molecule has 1 aliphatic heterocycles. The van der Waals surface area contributed by atoms with Crippen molar-refractivity contribution in [1.82, 2.24) is 9.80 Å². The molecule has 7 heteroatoms. The number of hydrogen-bond acceptors (Lipinski definition) is 4. The van der Waals surface area contributed by atoms with Gasteiger partial charge in [0.1, 0.15) is 12.4 Å². The minimum Gasteiger partial charge on any atom is -0.489 e. The van der Waals surface area contributed by atoms with Crippen molar-refractivity contribution in [3.63, 3.8) is 0 Å². The second kappa shape index (κ2) is 10.4. The Balaban J connectivity index is 1.27. The summed E-state index contributed by atoms with van der Waals surface area (Å²) in [4.78, 5) is 17.5. The van der Waals surface area contributed by atoms with Crippen molar-refractivity contribution in [2.24, 2.45) is 0 Å². The molecule has 0 unspecified atom stereocenters. The van der Waals surface area contributed by atoms with Crippen LogP contribution in [0.25, 0.3) is 0 Å². The van der Waals surface area contributed by atoms with Crippen molar-refractivity contribution >= 4 is 17.2 Å². The van der Waals surface area contributed by atoms with Gasteiger partial charge in [-0.05, 0) is 41.1 Å². The van der Waals surface area contributed by atoms with Crippen LogP contribution in [0.15, 0.2) is 53.9 Å². The highest BCUT2D eigenvalue weighted by Crippen LogP contribution is 2.22. The van der Waals surface area contributed by atoms with E-state index in [9.17, 15) is 13.6 Å². The third-order valence-electron chi connectivity index (χ3n) is 5.90. The van der Waals surface area contributed by atoms with E-state index in [1.807, 2.05) is 33.4 Å². The molecular weight excluding hydrogens is 442 g/mol. The van der Waals surface area contributed by atoms with E-state index >= 15 is 0 Å². The van der Waals surface area contributed by atoms with Crippen molar-refractivity contribution in [3.05, 3.63) is 87.1 Å². The van der Waals surface area contributed by atoms with Crippen LogP contribution in [0, 0.1) is 11.6 Å². The topological polar surface area (TPSA) is 32.8 Å². The lowest BCUT2D eigenvalue weighted by atomic mass is 10.0. The number of hydrogen-bond donors (Lipinski definition) is 0. The molecule has 1 aliphatic rings. The Morgan fingerprint density at radius 2 is 1.79 bits per heavy atom. The van der Waals surface area contributed by atoms with Gasteiger partial charge < -0.3 is 9.64 Å². The van der Waals surface area contributed by atoms with E-state index in [-0.39, 0.29) is 5.91 Å². The van der Waals surface area contributed by atoms with Gasteiger partial charge in [0.05, 0.1) is 4.88 Å². The fourth-order valence-corrected chi connectivity index (χ4v) is 4.72. The molecule has 0 bridgehead atoms. The average Bonchev–Trinajstić information content (AvgIpc) is 3.30. The number of thiophene rings is 1. The van der Waals surface area contributed by atoms with E-state index < -0.39 is 11.6 Å². The number of halogens is 2. The molecule has 4 nitrogen and oxygen atoms in total. The summed E-state index contributed by atoms with van der Waals surface area (Å²) in [6.45, 7) is 7.42. The van der Waals surface area contributed by atoms with Gasteiger partial charge >= 0.3 is 0 Å². The van der Waals surface area contributed by atoms with Gasteiger partial charge in [-0.1, -0.05) is 38.1 Å². The molecule has 0 atom stereocenters. The van der Waals surface area contributed by atoms with Crippen molar-refractivity contribution < 1.29 is 18.3 Å². The summed E-state index contributed by atoms with van der Waals surface area (Å²) in [5.74, 6) is -0.325. The van der Waals surface area contributed by atoms with Crippen LogP contribution in [-0.4, -0.2) is 41.9 Å². The lowest BCUT2D eigenvalue weighted by Crippen LogP contribution is -2.48. The van der Waals surface area contributed by atoms with Crippen LogP contribution in [0.2, 0.25) is 0 Å². The Morgan fingerprint density at radius 3 is 2.48 bits per heavy atom. The predicted octanol–water partition coefficient (Wildman–Crippen LogP) is 5.69. The minimum atomic E-state index is -0.827. The molecule has 3 aromatic rings. The highest BCUT2D eigenvalue weighted by atomic mass is 32.1. The predicted molar refractivity (Wildman–Crippen MR) is 127 cm³/mol. The third-order valence-corrected chi connectivity index (χ3v) is 6.87. The average molecular weight is 471 g/mol. The van der Waals surface area contributed by atoms with Gasteiger partial charge in [-0.15, -0.1) is 11.3 Å². The van der Waals surface area contributed by atoms with Crippen LogP contribution < -0.4 is 4.74 Å². The zero-order chi connectivity index (χ0) is 23.4. The summed E-state index contributed by atoms with van der Waals surface area (Å²) < 4.78 is 33.2. The minimum absolute atomic E-state index is 0.00382. The number of ether oxygens (including phenoxy) is 1. The van der Waals surface area contributed by atoms with Crippen LogP contribution in [0.1, 0.15) is 46.1 Å². The van der Waals surface area contributed by atoms with Crippen LogP contribution in [0.5, 0.6) is 5.75 Å². The van der Waals surface area contributed by atoms with Crippen LogP contribution in [0.3, 0.4) is 0 Å². The first-order chi connectivity index (χ1) is 15.9. The van der Waals surface area contributed by atoms with Gasteiger partial charge in [0, 0.05) is 43.9 Å². The lowest BCUT2D eigenvalue weighted by Gasteiger charge is -2.34. The van der Waals surface area contributed by atoms with Crippen molar-refractivity contribution in [2.45, 2.75) is 32.9 Å². The fraction of sp³-hybridized carbons (Fsp3) is 0.346. The quantitative estimate of drug-likeness (QED) is 0.445. The normalized spacial score (nSPS) is 14.6. The van der Waals surface area contributed by atoms with Gasteiger partial charge in [-0.2, -0.15) is 0 Å². The first kappa shape index (κ1) is 23.4. The maximum atomic E-state index is 13.9. The monoisotopic (exact) mass is 470 g/mol. The van der Waals surface area contributed by atoms with Gasteiger partial charge in [-0.3, -0.25) is 9.69 Å². The van der Waals surface area contributed by atoms with Gasteiger partial charge in [0.25, 0.3) is 5.91 Å². The van der Waals surface area contributed by atoms with Crippen LogP contribution in [0.4, 0.5) is 8.78 Å². The first-order valence-corrected chi connectivity index (χ1v) is 12.0. The molecule has 1 amide bonds. The molecule has 174 valence electrons. The molecule has 1 saturated heterocycles. The molecule has 0 N–H and O–H groups in total. The molecule has 0 saturated carbocycles. The number of nitrogens with zero attached hydrogens (tertiary/aromatic N) is 2. The first-order valence-electron chi connectivity index (χ1n) is 11.2. The molecule has 4 rings (SSSR count). The maximum absolute atomic E-state index is 13.9. The summed E-state index contributed by atoms with van der Waals surface area (Å²) in [5.41, 5.74) is 2.58. The second-order valence-corrected chi connectivity index (χ2v) is 9.52. The van der Waals surface area contributed by atoms with Crippen molar-refractivity contribution in [3.8, 4) is 5.75 Å². The van der Waals surface area contributed by atoms with Gasteiger partial charge in [0.15, 0.2) is 11.6 Å². The van der Waals surface area contributed by atoms with Crippen LogP contribution >= 0.6 is 11.3 Å². The lowest BCUT2D eigenvalue weighted by molar-refractivity contribution is 0.0631. The highest BCUT2D eigenvalue weighted by molar-refractivity contribution is 7.12. The molecular formula is C26H28F2N2O2S. The van der Waals surface area contributed by atoms with Gasteiger partial charge in [0.2, 0.25) is 0 Å². The SMILES string of the molecule is CC(C)c1ccc(OCc2csc(C(=O)N3CCN(Cc4cccc(F)c4F)CC3)c2)cc1. The second-order valence-electron chi connectivity index (χ2n) is 8.61. The highest BCUT2D eigenvalue weighted by Gasteiger charge is 2.24. The number of benzene rings is 2. The number of amides is 1. The molecule has 1 aromatic heterocycles. The van der Waals surface area contributed by atoms with Crippen molar-refractivity contribution in [1.29, 1.82) is 0 Å². The summed E-state index contributed by atoms with van der Waals surface area (Å²) in [7, 11) is 0. The van der Waals surface area contributed by atoms with Crippen LogP contribution in [-0.2, 0) is 13.2 Å². The van der Waals surface area contributed by atoms with Gasteiger partial charge in [-0.25, -0.2) is 8.78 Å². The summed E-state index contributed by atoms with van der Waals surface area (Å²) in [6.07, 6.45) is 0. The number of piperazine rings is 1. The zero-order valence-corrected chi connectivity index (χ0v) is 19.7. The molecule has 1 fully saturated rings. The summed E-state index contributed by atoms with van der Waals surface area (Å²) in [5, 5.41) is 1.96. The van der Waals surface area contributed by atoms with E-state index in [4.69, 9.17) is 4.74 Å². The Labute approximate surface area is 197 Å². The third kappa shape index (κ3) is 5.78. The molecule has 2 aromatic carbocycles. The van der Waals surface area contributed by atoms with E-state index in [1.54, 1.807) is 6.07 Å². The fourth-order valence-electron chi connectivity index (χ4n) is 3.86. The molecule has 0 spiro atoms. The number of carbonyl (C=O) groups excluding carboxylic acids is 1. The molecule has 2 heterocycles. The van der Waals surface area contributed by atoms with E-state index in [2.05, 4.69) is 26.0 Å². The standard InChI is InChI=1S/C26H28F2N2O2S/c1-18(2)20-6-8-22(9-7-20)32-16-19-14-24(33-17-19)26(31)30-12-10-29(11-13-30)15-21-4-3-5-23(27)25(21)28/h3-9,14,17-18H,10-13,15-16H2,1-2H3. The smallest absolute Gasteiger partial charge is 0.264 e. The Morgan fingerprint density at radius 1 is 1.06 bits per heavy atom. The molecule has 0 aliphatic carbocycles. The number of rotatable bonds is 7. The maximum Gasteiger partial charge on any atom is 0.264 e. The number of carbonyl (C=O) groups is 1. The zero-order valence-electron chi connectivity index (χ0n) is 18.9. The summed E-state index contributed by atoms with van der Waals surface area (Å²) >= 11 is 1.42. The van der Waals surface area contributed by atoms with Crippen molar-refractivity contribution in [2.75, 3.05) is 26.2 Å². The molecule has 33 heavy (non-hydrogen) atoms. The van der Waals surface area contributed by atoms with E-state index in [0.29, 0.717) is 55.7 Å². The Hall–Kier alpha value is -2.77. The Bertz CT molecular complexity index is 1090. The largest absolute Gasteiger partial charge is 0.489 e.